The first-order chi connectivity index (χ1) is 7.10. The van der Waals surface area contributed by atoms with E-state index in [1.54, 1.807) is 0 Å². The van der Waals surface area contributed by atoms with Crippen LogP contribution in [0.3, 0.4) is 0 Å². The van der Waals surface area contributed by atoms with E-state index in [-0.39, 0.29) is 32.3 Å². The van der Waals surface area contributed by atoms with Gasteiger partial charge in [-0.05, 0) is 18.8 Å². The molecule has 0 aromatic heterocycles. The molecule has 15 heavy (non-hydrogen) atoms. The maximum Gasteiger partial charge on any atom is 0.0618 e. The summed E-state index contributed by atoms with van der Waals surface area (Å²) < 4.78 is 0. The van der Waals surface area contributed by atoms with E-state index in [2.05, 4.69) is 0 Å². The van der Waals surface area contributed by atoms with Gasteiger partial charge in [0, 0.05) is 17.6 Å². The van der Waals surface area contributed by atoms with Crippen LogP contribution in [0.2, 0.25) is 0 Å². The SMILES string of the molecule is NC1(CO)CCCC(CO)C1(CO)CO. The van der Waals surface area contributed by atoms with Gasteiger partial charge in [-0.1, -0.05) is 6.42 Å². The number of nitrogens with two attached hydrogens (primary N) is 1. The van der Waals surface area contributed by atoms with Gasteiger partial charge in [-0.15, -0.1) is 0 Å². The molecule has 0 radical (unpaired) electrons. The van der Waals surface area contributed by atoms with Gasteiger partial charge in [0.05, 0.1) is 19.8 Å². The summed E-state index contributed by atoms with van der Waals surface area (Å²) >= 11 is 0. The molecule has 90 valence electrons. The fourth-order valence-corrected chi connectivity index (χ4v) is 2.72. The van der Waals surface area contributed by atoms with Crippen molar-refractivity contribution in [3.05, 3.63) is 0 Å². The third kappa shape index (κ3) is 1.79. The highest BCUT2D eigenvalue weighted by molar-refractivity contribution is 5.08. The topological polar surface area (TPSA) is 107 Å². The zero-order chi connectivity index (χ0) is 11.5. The minimum Gasteiger partial charge on any atom is -0.396 e. The standard InChI is InChI=1S/C10H21NO4/c11-10(7-15)3-1-2-8(4-12)9(10,5-13)6-14/h8,12-15H,1-7,11H2. The Morgan fingerprint density at radius 3 is 2.07 bits per heavy atom. The van der Waals surface area contributed by atoms with Crippen LogP contribution in [-0.2, 0) is 0 Å². The molecule has 6 N–H and O–H groups in total. The van der Waals surface area contributed by atoms with Gasteiger partial charge in [0.25, 0.3) is 0 Å². The predicted molar refractivity (Wildman–Crippen MR) is 55.0 cm³/mol. The van der Waals surface area contributed by atoms with Crippen LogP contribution in [0.25, 0.3) is 0 Å². The van der Waals surface area contributed by atoms with Gasteiger partial charge in [-0.3, -0.25) is 0 Å². The van der Waals surface area contributed by atoms with Gasteiger partial charge in [-0.25, -0.2) is 0 Å². The number of aliphatic hydroxyl groups excluding tert-OH is 4. The molecule has 0 aromatic carbocycles. The Bertz CT molecular complexity index is 208. The Labute approximate surface area is 89.5 Å². The number of rotatable bonds is 4. The van der Waals surface area contributed by atoms with Crippen LogP contribution in [0.1, 0.15) is 19.3 Å². The number of hydrogen-bond donors (Lipinski definition) is 5. The van der Waals surface area contributed by atoms with Gasteiger partial charge in [-0.2, -0.15) is 0 Å². The molecule has 0 spiro atoms. The highest BCUT2D eigenvalue weighted by Crippen LogP contribution is 2.46. The molecule has 2 atom stereocenters. The molecule has 0 saturated heterocycles. The van der Waals surface area contributed by atoms with E-state index in [0.29, 0.717) is 6.42 Å². The van der Waals surface area contributed by atoms with Crippen LogP contribution in [0.5, 0.6) is 0 Å². The first-order valence-corrected chi connectivity index (χ1v) is 5.32. The zero-order valence-electron chi connectivity index (χ0n) is 8.89. The lowest BCUT2D eigenvalue weighted by atomic mass is 9.57. The molecule has 0 aliphatic heterocycles. The van der Waals surface area contributed by atoms with Crippen molar-refractivity contribution in [2.24, 2.45) is 17.1 Å². The van der Waals surface area contributed by atoms with E-state index < -0.39 is 11.0 Å². The van der Waals surface area contributed by atoms with Crippen LogP contribution >= 0.6 is 0 Å². The molecule has 5 nitrogen and oxygen atoms in total. The lowest BCUT2D eigenvalue weighted by Gasteiger charge is -2.53. The Morgan fingerprint density at radius 2 is 1.67 bits per heavy atom. The van der Waals surface area contributed by atoms with Crippen molar-refractivity contribution >= 4 is 0 Å². The van der Waals surface area contributed by atoms with E-state index in [1.807, 2.05) is 0 Å². The average Bonchev–Trinajstić information content (AvgIpc) is 2.28. The minimum absolute atomic E-state index is 0.125. The van der Waals surface area contributed by atoms with Crippen molar-refractivity contribution < 1.29 is 20.4 Å². The Kier molecular flexibility index (Phi) is 4.08. The summed E-state index contributed by atoms with van der Waals surface area (Å²) in [6, 6.07) is 0. The molecule has 1 aliphatic carbocycles. The molecular formula is C10H21NO4. The Hall–Kier alpha value is -0.200. The van der Waals surface area contributed by atoms with Crippen molar-refractivity contribution in [3.8, 4) is 0 Å². The second-order valence-electron chi connectivity index (χ2n) is 4.56. The van der Waals surface area contributed by atoms with E-state index in [1.165, 1.54) is 0 Å². The molecule has 1 fully saturated rings. The fourth-order valence-electron chi connectivity index (χ4n) is 2.72. The second kappa shape index (κ2) is 4.76. The normalized spacial score (nSPS) is 35.4. The molecule has 2 unspecified atom stereocenters. The summed E-state index contributed by atoms with van der Waals surface area (Å²) in [5.41, 5.74) is 4.07. The first-order valence-electron chi connectivity index (χ1n) is 5.32. The maximum absolute atomic E-state index is 9.45. The lowest BCUT2D eigenvalue weighted by molar-refractivity contribution is -0.114. The van der Waals surface area contributed by atoms with Crippen molar-refractivity contribution in [1.29, 1.82) is 0 Å². The van der Waals surface area contributed by atoms with Crippen molar-refractivity contribution in [1.82, 2.24) is 0 Å². The molecule has 5 heteroatoms. The van der Waals surface area contributed by atoms with E-state index in [4.69, 9.17) is 5.73 Å². The Balaban J connectivity index is 3.05. The minimum atomic E-state index is -0.998. The molecule has 0 heterocycles. The third-order valence-electron chi connectivity index (χ3n) is 4.02. The van der Waals surface area contributed by atoms with Crippen LogP contribution in [0.15, 0.2) is 0 Å². The molecule has 1 rings (SSSR count). The molecule has 0 amide bonds. The van der Waals surface area contributed by atoms with Crippen LogP contribution < -0.4 is 5.73 Å². The largest absolute Gasteiger partial charge is 0.396 e. The van der Waals surface area contributed by atoms with E-state index >= 15 is 0 Å². The summed E-state index contributed by atoms with van der Waals surface area (Å²) in [5.74, 6) is -0.251. The predicted octanol–water partition coefficient (Wildman–Crippen LogP) is -1.56. The van der Waals surface area contributed by atoms with Gasteiger partial charge >= 0.3 is 0 Å². The number of hydrogen-bond acceptors (Lipinski definition) is 5. The van der Waals surface area contributed by atoms with Gasteiger partial charge in [0.2, 0.25) is 0 Å². The molecule has 0 bridgehead atoms. The summed E-state index contributed by atoms with van der Waals surface area (Å²) in [6.07, 6.45) is 2.07. The van der Waals surface area contributed by atoms with Crippen LogP contribution in [-0.4, -0.2) is 52.4 Å². The van der Waals surface area contributed by atoms with E-state index in [9.17, 15) is 20.4 Å². The van der Waals surface area contributed by atoms with Gasteiger partial charge in [0.1, 0.15) is 0 Å². The third-order valence-corrected chi connectivity index (χ3v) is 4.02. The summed E-state index contributed by atoms with van der Waals surface area (Å²) in [4.78, 5) is 0. The summed E-state index contributed by atoms with van der Waals surface area (Å²) in [5, 5.41) is 37.5. The average molecular weight is 219 g/mol. The lowest BCUT2D eigenvalue weighted by Crippen LogP contribution is -2.67. The van der Waals surface area contributed by atoms with Crippen molar-refractivity contribution in [3.63, 3.8) is 0 Å². The van der Waals surface area contributed by atoms with Crippen LogP contribution in [0.4, 0.5) is 0 Å². The molecule has 0 aromatic rings. The highest BCUT2D eigenvalue weighted by atomic mass is 16.3. The van der Waals surface area contributed by atoms with Gasteiger partial charge < -0.3 is 26.2 Å². The fraction of sp³-hybridized carbons (Fsp3) is 1.00. The molecule has 1 aliphatic rings. The Morgan fingerprint density at radius 1 is 1.07 bits per heavy atom. The first kappa shape index (κ1) is 12.9. The second-order valence-corrected chi connectivity index (χ2v) is 4.56. The van der Waals surface area contributed by atoms with Gasteiger partial charge in [0.15, 0.2) is 0 Å². The number of aliphatic hydroxyl groups is 4. The monoisotopic (exact) mass is 219 g/mol. The van der Waals surface area contributed by atoms with Crippen molar-refractivity contribution in [2.75, 3.05) is 26.4 Å². The van der Waals surface area contributed by atoms with Crippen LogP contribution in [0, 0.1) is 11.3 Å². The zero-order valence-corrected chi connectivity index (χ0v) is 8.89. The van der Waals surface area contributed by atoms with E-state index in [0.717, 1.165) is 12.8 Å². The smallest absolute Gasteiger partial charge is 0.0618 e. The molecular weight excluding hydrogens is 198 g/mol. The van der Waals surface area contributed by atoms with Crippen molar-refractivity contribution in [2.45, 2.75) is 24.8 Å². The molecule has 1 saturated carbocycles. The highest BCUT2D eigenvalue weighted by Gasteiger charge is 2.54. The summed E-state index contributed by atoms with van der Waals surface area (Å²) in [7, 11) is 0. The summed E-state index contributed by atoms with van der Waals surface area (Å²) in [6.45, 7) is -1.04. The maximum atomic E-state index is 9.45. The quantitative estimate of drug-likeness (QED) is 0.393.